The highest BCUT2D eigenvalue weighted by atomic mass is 16.5. The number of carbonyl (C=O) groups excluding carboxylic acids is 1. The standard InChI is InChI=1S/C13H16N2O2/c1-2-17-10-5-3-4-9-11(10)15-12(16)13(6-7-13)8-14-9/h3-5,14H,2,6-8H2,1H3,(H,15,16). The summed E-state index contributed by atoms with van der Waals surface area (Å²) in [6, 6.07) is 5.79. The van der Waals surface area contributed by atoms with Crippen molar-refractivity contribution in [3.8, 4) is 5.75 Å². The van der Waals surface area contributed by atoms with Crippen molar-refractivity contribution in [3.63, 3.8) is 0 Å². The molecule has 0 aromatic heterocycles. The number of fused-ring (bicyclic) bond motifs is 1. The lowest BCUT2D eigenvalue weighted by molar-refractivity contribution is -0.120. The minimum atomic E-state index is -0.178. The van der Waals surface area contributed by atoms with Crippen molar-refractivity contribution >= 4 is 17.3 Å². The van der Waals surface area contributed by atoms with Gasteiger partial charge in [-0.15, -0.1) is 0 Å². The van der Waals surface area contributed by atoms with E-state index in [1.807, 2.05) is 25.1 Å². The molecule has 90 valence electrons. The summed E-state index contributed by atoms with van der Waals surface area (Å²) in [7, 11) is 0. The molecule has 0 bridgehead atoms. The normalized spacial score (nSPS) is 19.9. The zero-order valence-electron chi connectivity index (χ0n) is 9.88. The maximum absolute atomic E-state index is 12.1. The van der Waals surface area contributed by atoms with E-state index >= 15 is 0 Å². The number of nitrogens with one attached hydrogen (secondary N) is 2. The van der Waals surface area contributed by atoms with E-state index in [0.29, 0.717) is 6.61 Å². The van der Waals surface area contributed by atoms with Crippen LogP contribution in [0.5, 0.6) is 5.75 Å². The number of ether oxygens (including phenoxy) is 1. The fourth-order valence-electron chi connectivity index (χ4n) is 2.23. The van der Waals surface area contributed by atoms with Gasteiger partial charge in [0, 0.05) is 6.54 Å². The van der Waals surface area contributed by atoms with Crippen molar-refractivity contribution in [2.24, 2.45) is 5.41 Å². The van der Waals surface area contributed by atoms with Crippen molar-refractivity contribution in [2.45, 2.75) is 19.8 Å². The van der Waals surface area contributed by atoms with Crippen molar-refractivity contribution in [3.05, 3.63) is 18.2 Å². The average Bonchev–Trinajstić information content (AvgIpc) is 3.11. The first-order valence-electron chi connectivity index (χ1n) is 6.06. The molecule has 1 amide bonds. The van der Waals surface area contributed by atoms with Crippen LogP contribution in [-0.2, 0) is 4.79 Å². The number of hydrogen-bond acceptors (Lipinski definition) is 3. The lowest BCUT2D eigenvalue weighted by atomic mass is 10.1. The molecule has 1 fully saturated rings. The molecule has 4 nitrogen and oxygen atoms in total. The highest BCUT2D eigenvalue weighted by Crippen LogP contribution is 2.49. The zero-order valence-corrected chi connectivity index (χ0v) is 9.88. The Morgan fingerprint density at radius 3 is 2.94 bits per heavy atom. The second kappa shape index (κ2) is 3.65. The highest BCUT2D eigenvalue weighted by molar-refractivity contribution is 6.03. The van der Waals surface area contributed by atoms with Crippen LogP contribution >= 0.6 is 0 Å². The van der Waals surface area contributed by atoms with E-state index in [-0.39, 0.29) is 11.3 Å². The fraction of sp³-hybridized carbons (Fsp3) is 0.462. The molecule has 0 unspecified atom stereocenters. The molecule has 2 aliphatic rings. The molecular formula is C13H16N2O2. The molecule has 4 heteroatoms. The van der Waals surface area contributed by atoms with Crippen molar-refractivity contribution in [2.75, 3.05) is 23.8 Å². The molecule has 0 saturated heterocycles. The summed E-state index contributed by atoms with van der Waals surface area (Å²) < 4.78 is 5.54. The third kappa shape index (κ3) is 1.64. The third-order valence-corrected chi connectivity index (χ3v) is 3.52. The van der Waals surface area contributed by atoms with Crippen LogP contribution in [0.3, 0.4) is 0 Å². The molecule has 0 radical (unpaired) electrons. The number of para-hydroxylation sites is 1. The van der Waals surface area contributed by atoms with Crippen molar-refractivity contribution in [1.82, 2.24) is 0 Å². The fourth-order valence-corrected chi connectivity index (χ4v) is 2.23. The van der Waals surface area contributed by atoms with Gasteiger partial charge in [0.2, 0.25) is 5.91 Å². The maximum atomic E-state index is 12.1. The predicted octanol–water partition coefficient (Wildman–Crippen LogP) is 2.23. The van der Waals surface area contributed by atoms with Gasteiger partial charge < -0.3 is 15.4 Å². The first kappa shape index (κ1) is 10.4. The SMILES string of the molecule is CCOc1cccc2c1NC(=O)C1(CC1)CN2. The average molecular weight is 232 g/mol. The Hall–Kier alpha value is -1.71. The molecule has 1 heterocycles. The minimum absolute atomic E-state index is 0.121. The van der Waals surface area contributed by atoms with Gasteiger partial charge in [-0.3, -0.25) is 4.79 Å². The Balaban J connectivity index is 1.98. The molecule has 1 aliphatic heterocycles. The maximum Gasteiger partial charge on any atom is 0.232 e. The lowest BCUT2D eigenvalue weighted by Gasteiger charge is -2.13. The smallest absolute Gasteiger partial charge is 0.232 e. The van der Waals surface area contributed by atoms with Crippen molar-refractivity contribution < 1.29 is 9.53 Å². The van der Waals surface area contributed by atoms with Crippen LogP contribution in [0.4, 0.5) is 11.4 Å². The van der Waals surface area contributed by atoms with Crippen molar-refractivity contribution in [1.29, 1.82) is 0 Å². The Morgan fingerprint density at radius 1 is 1.41 bits per heavy atom. The van der Waals surface area contributed by atoms with Crippen LogP contribution in [0.2, 0.25) is 0 Å². The summed E-state index contributed by atoms with van der Waals surface area (Å²) in [5.41, 5.74) is 1.55. The van der Waals surface area contributed by atoms with E-state index in [1.165, 1.54) is 0 Å². The summed E-state index contributed by atoms with van der Waals surface area (Å²) in [6.45, 7) is 3.26. The van der Waals surface area contributed by atoms with E-state index in [4.69, 9.17) is 4.74 Å². The molecule has 1 spiro atoms. The summed E-state index contributed by atoms with van der Waals surface area (Å²) in [5, 5.41) is 6.35. The Morgan fingerprint density at radius 2 is 2.24 bits per heavy atom. The molecule has 1 aromatic rings. The summed E-state index contributed by atoms with van der Waals surface area (Å²) in [6.07, 6.45) is 1.95. The molecule has 17 heavy (non-hydrogen) atoms. The second-order valence-corrected chi connectivity index (χ2v) is 4.70. The van der Waals surface area contributed by atoms with Gasteiger partial charge in [0.1, 0.15) is 11.4 Å². The van der Waals surface area contributed by atoms with Gasteiger partial charge in [-0.1, -0.05) is 6.07 Å². The van der Waals surface area contributed by atoms with E-state index in [9.17, 15) is 4.79 Å². The lowest BCUT2D eigenvalue weighted by Crippen LogP contribution is -2.27. The van der Waals surface area contributed by atoms with Crippen LogP contribution in [0, 0.1) is 5.41 Å². The Bertz CT molecular complexity index is 466. The number of benzene rings is 1. The number of rotatable bonds is 2. The zero-order chi connectivity index (χ0) is 11.9. The van der Waals surface area contributed by atoms with E-state index in [2.05, 4.69) is 10.6 Å². The van der Waals surface area contributed by atoms with Crippen LogP contribution in [0.1, 0.15) is 19.8 Å². The molecule has 0 atom stereocenters. The predicted molar refractivity (Wildman–Crippen MR) is 66.4 cm³/mol. The second-order valence-electron chi connectivity index (χ2n) is 4.70. The quantitative estimate of drug-likeness (QED) is 0.822. The van der Waals surface area contributed by atoms with Crippen LogP contribution in [0.25, 0.3) is 0 Å². The summed E-state index contributed by atoms with van der Waals surface area (Å²) in [5.74, 6) is 0.861. The van der Waals surface area contributed by atoms with Gasteiger partial charge in [-0.2, -0.15) is 0 Å². The van der Waals surface area contributed by atoms with Gasteiger partial charge >= 0.3 is 0 Å². The van der Waals surface area contributed by atoms with E-state index in [1.54, 1.807) is 0 Å². The van der Waals surface area contributed by atoms with Gasteiger partial charge in [0.05, 0.1) is 17.7 Å². The largest absolute Gasteiger partial charge is 0.492 e. The first-order valence-corrected chi connectivity index (χ1v) is 6.06. The molecule has 2 N–H and O–H groups in total. The molecule has 1 saturated carbocycles. The van der Waals surface area contributed by atoms with Gasteiger partial charge in [0.25, 0.3) is 0 Å². The van der Waals surface area contributed by atoms with Gasteiger partial charge in [-0.05, 0) is 31.9 Å². The molecule has 1 aliphatic carbocycles. The topological polar surface area (TPSA) is 50.4 Å². The Labute approximate surface area is 100 Å². The summed E-state index contributed by atoms with van der Waals surface area (Å²) >= 11 is 0. The van der Waals surface area contributed by atoms with Crippen LogP contribution in [0.15, 0.2) is 18.2 Å². The number of hydrogen-bond donors (Lipinski definition) is 2. The van der Waals surface area contributed by atoms with Crippen LogP contribution < -0.4 is 15.4 Å². The third-order valence-electron chi connectivity index (χ3n) is 3.52. The first-order chi connectivity index (χ1) is 8.25. The highest BCUT2D eigenvalue weighted by Gasteiger charge is 2.51. The molecule has 1 aromatic carbocycles. The number of anilines is 2. The minimum Gasteiger partial charge on any atom is -0.492 e. The number of carbonyl (C=O) groups is 1. The number of amides is 1. The summed E-state index contributed by atoms with van der Waals surface area (Å²) in [4.78, 5) is 12.1. The van der Waals surface area contributed by atoms with E-state index < -0.39 is 0 Å². The van der Waals surface area contributed by atoms with E-state index in [0.717, 1.165) is 36.5 Å². The molecular weight excluding hydrogens is 216 g/mol. The monoisotopic (exact) mass is 232 g/mol. The Kier molecular flexibility index (Phi) is 2.24. The van der Waals surface area contributed by atoms with Gasteiger partial charge in [0.15, 0.2) is 0 Å². The van der Waals surface area contributed by atoms with Crippen LogP contribution in [-0.4, -0.2) is 19.1 Å². The van der Waals surface area contributed by atoms with Gasteiger partial charge in [-0.25, -0.2) is 0 Å². The molecule has 3 rings (SSSR count).